The fourth-order valence-electron chi connectivity index (χ4n) is 5.70. The van der Waals surface area contributed by atoms with Crippen molar-refractivity contribution in [2.45, 2.75) is 38.4 Å². The van der Waals surface area contributed by atoms with Crippen LogP contribution in [0.5, 0.6) is 11.5 Å². The Balaban J connectivity index is 1.25. The number of morpholine rings is 1. The van der Waals surface area contributed by atoms with Crippen molar-refractivity contribution in [3.63, 3.8) is 0 Å². The molecule has 44 heavy (non-hydrogen) atoms. The van der Waals surface area contributed by atoms with Crippen molar-refractivity contribution in [2.75, 3.05) is 38.6 Å². The zero-order chi connectivity index (χ0) is 30.8. The highest BCUT2D eigenvalue weighted by molar-refractivity contribution is 5.99. The predicted octanol–water partition coefficient (Wildman–Crippen LogP) is 4.17. The summed E-state index contributed by atoms with van der Waals surface area (Å²) in [5, 5.41) is 15.1. The monoisotopic (exact) mass is 596 g/mol. The Morgan fingerprint density at radius 2 is 1.93 bits per heavy atom. The van der Waals surface area contributed by atoms with Crippen LogP contribution in [0.15, 0.2) is 66.5 Å². The van der Waals surface area contributed by atoms with Crippen molar-refractivity contribution < 1.29 is 18.7 Å². The summed E-state index contributed by atoms with van der Waals surface area (Å²) in [7, 11) is 0. The first-order valence-electron chi connectivity index (χ1n) is 14.5. The number of carbonyl (C=O) groups excluding carboxylic acids is 1. The molecule has 0 spiro atoms. The van der Waals surface area contributed by atoms with Gasteiger partial charge in [-0.25, -0.2) is 19.0 Å². The average Bonchev–Trinajstić information content (AvgIpc) is 3.38. The number of nitriles is 1. The number of nitrogens with zero attached hydrogens (tertiary/aromatic N) is 7. The molecule has 0 radical (unpaired) electrons. The van der Waals surface area contributed by atoms with E-state index in [-0.39, 0.29) is 28.9 Å². The second kappa shape index (κ2) is 12.0. The van der Waals surface area contributed by atoms with E-state index in [1.165, 1.54) is 12.4 Å². The van der Waals surface area contributed by atoms with Crippen LogP contribution < -0.4 is 10.5 Å². The van der Waals surface area contributed by atoms with Crippen molar-refractivity contribution in [3.05, 3.63) is 72.3 Å². The van der Waals surface area contributed by atoms with Gasteiger partial charge in [-0.15, -0.1) is 0 Å². The standard InChI is InChI=1S/C32H33FN8O3/c1-32(2,39-12-14-43-15-13-39)17-21(18-34)31(42)40-11-10-22(40)19-41-30-27(29(35)36-20-37-30)28(38-41)25-9-8-24(16-26(25)33)44-23-6-4-3-5-7-23/h3-9,16-17,20,22H,10-15,19H2,1-2H3,(H2,35,36,37)/b21-17-. The molecule has 226 valence electrons. The molecule has 4 aromatic rings. The van der Waals surface area contributed by atoms with Gasteiger partial charge >= 0.3 is 0 Å². The Morgan fingerprint density at radius 3 is 2.61 bits per heavy atom. The highest BCUT2D eigenvalue weighted by Gasteiger charge is 2.37. The van der Waals surface area contributed by atoms with Crippen molar-refractivity contribution in [3.8, 4) is 28.8 Å². The number of hydrogen-bond donors (Lipinski definition) is 1. The van der Waals surface area contributed by atoms with E-state index in [1.807, 2.05) is 32.0 Å². The molecule has 2 aromatic heterocycles. The molecule has 6 rings (SSSR count). The summed E-state index contributed by atoms with van der Waals surface area (Å²) in [6.07, 6.45) is 3.80. The first kappa shape index (κ1) is 29.2. The zero-order valence-electron chi connectivity index (χ0n) is 24.6. The second-order valence-electron chi connectivity index (χ2n) is 11.4. The van der Waals surface area contributed by atoms with E-state index in [1.54, 1.807) is 39.9 Å². The van der Waals surface area contributed by atoms with Gasteiger partial charge in [-0.05, 0) is 50.6 Å². The average molecular weight is 597 g/mol. The summed E-state index contributed by atoms with van der Waals surface area (Å²) < 4.78 is 28.4. The van der Waals surface area contributed by atoms with E-state index < -0.39 is 11.4 Å². The van der Waals surface area contributed by atoms with Crippen molar-refractivity contribution in [2.24, 2.45) is 0 Å². The molecule has 2 aliphatic heterocycles. The third-order valence-corrected chi connectivity index (χ3v) is 8.20. The lowest BCUT2D eigenvalue weighted by molar-refractivity contribution is -0.134. The Kier molecular flexibility index (Phi) is 7.99. The van der Waals surface area contributed by atoms with E-state index in [4.69, 9.17) is 20.3 Å². The van der Waals surface area contributed by atoms with Crippen LogP contribution in [-0.2, 0) is 16.1 Å². The van der Waals surface area contributed by atoms with Gasteiger partial charge in [-0.2, -0.15) is 10.4 Å². The lowest BCUT2D eigenvalue weighted by Gasteiger charge is -2.42. The van der Waals surface area contributed by atoms with Gasteiger partial charge in [-0.1, -0.05) is 18.2 Å². The minimum absolute atomic E-state index is 0.101. The van der Waals surface area contributed by atoms with Crippen LogP contribution in [0.1, 0.15) is 20.3 Å². The number of aromatic nitrogens is 4. The number of halogens is 1. The molecule has 2 fully saturated rings. The molecule has 11 nitrogen and oxygen atoms in total. The molecule has 0 bridgehead atoms. The van der Waals surface area contributed by atoms with Crippen molar-refractivity contribution in [1.82, 2.24) is 29.5 Å². The fourth-order valence-corrected chi connectivity index (χ4v) is 5.70. The van der Waals surface area contributed by atoms with Gasteiger partial charge < -0.3 is 20.1 Å². The molecular formula is C32H33FN8O3. The molecule has 0 saturated carbocycles. The number of likely N-dealkylation sites (tertiary alicyclic amines) is 1. The summed E-state index contributed by atoms with van der Waals surface area (Å²) >= 11 is 0. The number of benzene rings is 2. The summed E-state index contributed by atoms with van der Waals surface area (Å²) in [4.78, 5) is 25.9. The second-order valence-corrected chi connectivity index (χ2v) is 11.4. The number of para-hydroxylation sites is 1. The van der Waals surface area contributed by atoms with Gasteiger partial charge in [-0.3, -0.25) is 9.69 Å². The van der Waals surface area contributed by atoms with Crippen LogP contribution >= 0.6 is 0 Å². The number of hydrogen-bond acceptors (Lipinski definition) is 9. The topological polar surface area (TPSA) is 135 Å². The summed E-state index contributed by atoms with van der Waals surface area (Å²) in [5.74, 6) is 0.232. The molecule has 1 atom stereocenters. The smallest absolute Gasteiger partial charge is 0.264 e. The van der Waals surface area contributed by atoms with E-state index in [0.717, 1.165) is 13.1 Å². The third-order valence-electron chi connectivity index (χ3n) is 8.20. The molecule has 2 N–H and O–H groups in total. The highest BCUT2D eigenvalue weighted by atomic mass is 19.1. The first-order valence-corrected chi connectivity index (χ1v) is 14.5. The minimum atomic E-state index is -0.541. The maximum absolute atomic E-state index is 15.5. The van der Waals surface area contributed by atoms with E-state index in [2.05, 4.69) is 20.9 Å². The van der Waals surface area contributed by atoms with Crippen molar-refractivity contribution in [1.29, 1.82) is 5.26 Å². The van der Waals surface area contributed by atoms with E-state index >= 15 is 4.39 Å². The van der Waals surface area contributed by atoms with Crippen LogP contribution in [0, 0.1) is 17.1 Å². The molecule has 0 aliphatic carbocycles. The maximum atomic E-state index is 15.5. The molecule has 1 amide bonds. The Hall–Kier alpha value is -4.86. The minimum Gasteiger partial charge on any atom is -0.457 e. The molecule has 12 heteroatoms. The van der Waals surface area contributed by atoms with Gasteiger partial charge in [0.05, 0.1) is 31.2 Å². The molecule has 1 unspecified atom stereocenters. The normalized spacial score (nSPS) is 17.7. The molecule has 2 saturated heterocycles. The molecule has 4 heterocycles. The quantitative estimate of drug-likeness (QED) is 0.235. The first-order chi connectivity index (χ1) is 21.2. The number of carbonyl (C=O) groups is 1. The Bertz CT molecular complexity index is 1760. The van der Waals surface area contributed by atoms with Crippen LogP contribution in [0.25, 0.3) is 22.3 Å². The lowest BCUT2D eigenvalue weighted by atomic mass is 9.96. The lowest BCUT2D eigenvalue weighted by Crippen LogP contribution is -2.54. The number of rotatable bonds is 8. The Morgan fingerprint density at radius 1 is 1.16 bits per heavy atom. The fraction of sp³-hybridized carbons (Fsp3) is 0.344. The summed E-state index contributed by atoms with van der Waals surface area (Å²) in [6, 6.07) is 15.6. The predicted molar refractivity (Wildman–Crippen MR) is 162 cm³/mol. The number of amides is 1. The number of ether oxygens (including phenoxy) is 2. The van der Waals surface area contributed by atoms with Gasteiger partial charge in [0.15, 0.2) is 5.65 Å². The van der Waals surface area contributed by atoms with Gasteiger partial charge in [0.2, 0.25) is 0 Å². The van der Waals surface area contributed by atoms with Crippen LogP contribution in [0.3, 0.4) is 0 Å². The maximum Gasteiger partial charge on any atom is 0.264 e. The number of nitrogens with two attached hydrogens (primary N) is 1. The van der Waals surface area contributed by atoms with Crippen LogP contribution in [-0.4, -0.2) is 79.9 Å². The molecule has 2 aromatic carbocycles. The number of anilines is 1. The zero-order valence-corrected chi connectivity index (χ0v) is 24.6. The number of nitrogen functional groups attached to an aromatic ring is 1. The molecular weight excluding hydrogens is 563 g/mol. The van der Waals surface area contributed by atoms with Gasteiger partial charge in [0, 0.05) is 36.8 Å². The van der Waals surface area contributed by atoms with Gasteiger partial charge in [0.1, 0.15) is 46.8 Å². The van der Waals surface area contributed by atoms with Crippen LogP contribution in [0.2, 0.25) is 0 Å². The Labute approximate surface area is 254 Å². The third kappa shape index (κ3) is 5.71. The van der Waals surface area contributed by atoms with E-state index in [9.17, 15) is 10.1 Å². The summed E-state index contributed by atoms with van der Waals surface area (Å²) in [5.41, 5.74) is 6.81. The molecule has 2 aliphatic rings. The summed E-state index contributed by atoms with van der Waals surface area (Å²) in [6.45, 7) is 7.49. The number of fused-ring (bicyclic) bond motifs is 1. The van der Waals surface area contributed by atoms with Crippen LogP contribution in [0.4, 0.5) is 10.2 Å². The van der Waals surface area contributed by atoms with Gasteiger partial charge in [0.25, 0.3) is 5.91 Å². The highest BCUT2D eigenvalue weighted by Crippen LogP contribution is 2.35. The SMILES string of the molecule is CC(C)(/C=C(/C#N)C(=O)N1CCC1Cn1nc(-c2ccc(Oc3ccccc3)cc2F)c2c(N)ncnc21)N1CCOCC1. The van der Waals surface area contributed by atoms with E-state index in [0.29, 0.717) is 61.0 Å². The van der Waals surface area contributed by atoms with Crippen molar-refractivity contribution >= 4 is 22.8 Å². The largest absolute Gasteiger partial charge is 0.457 e.